The van der Waals surface area contributed by atoms with Crippen molar-refractivity contribution < 1.29 is 0 Å². The van der Waals surface area contributed by atoms with Gasteiger partial charge in [-0.3, -0.25) is 0 Å². The van der Waals surface area contributed by atoms with Crippen molar-refractivity contribution >= 4 is 5.69 Å². The number of benzene rings is 1. The van der Waals surface area contributed by atoms with Gasteiger partial charge in [-0.05, 0) is 50.7 Å². The third-order valence-electron chi connectivity index (χ3n) is 3.43. The number of rotatable bonds is 5. The van der Waals surface area contributed by atoms with Crippen LogP contribution in [0.4, 0.5) is 5.69 Å². The van der Waals surface area contributed by atoms with Crippen LogP contribution < -0.4 is 5.73 Å². The Hall–Kier alpha value is -1.06. The Morgan fingerprint density at radius 2 is 1.82 bits per heavy atom. The first kappa shape index (κ1) is 12.4. The van der Waals surface area contributed by atoms with Gasteiger partial charge in [-0.25, -0.2) is 0 Å². The summed E-state index contributed by atoms with van der Waals surface area (Å²) >= 11 is 0. The normalized spacial score (nSPS) is 16.8. The summed E-state index contributed by atoms with van der Waals surface area (Å²) in [6, 6.07) is 8.18. The van der Waals surface area contributed by atoms with Crippen LogP contribution >= 0.6 is 0 Å². The minimum absolute atomic E-state index is 0.841. The summed E-state index contributed by atoms with van der Waals surface area (Å²) in [6.45, 7) is 5.93. The van der Waals surface area contributed by atoms with Crippen LogP contribution in [0.5, 0.6) is 0 Å². The zero-order chi connectivity index (χ0) is 12.1. The Labute approximate surface area is 104 Å². The summed E-state index contributed by atoms with van der Waals surface area (Å²) in [5.41, 5.74) is 7.86. The highest BCUT2D eigenvalue weighted by Gasteiger charge is 2.11. The highest BCUT2D eigenvalue weighted by molar-refractivity contribution is 5.39. The number of hydrogen-bond donors (Lipinski definition) is 1. The van der Waals surface area contributed by atoms with Crippen molar-refractivity contribution in [2.24, 2.45) is 0 Å². The van der Waals surface area contributed by atoms with Gasteiger partial charge in [0.2, 0.25) is 0 Å². The lowest BCUT2D eigenvalue weighted by Gasteiger charge is -2.21. The number of likely N-dealkylation sites (tertiary alicyclic amines) is 1. The number of hydrogen-bond acceptors (Lipinski definition) is 3. The molecule has 1 fully saturated rings. The van der Waals surface area contributed by atoms with E-state index in [1.165, 1.54) is 38.0 Å². The van der Waals surface area contributed by atoms with Gasteiger partial charge in [-0.15, -0.1) is 0 Å². The minimum Gasteiger partial charge on any atom is -0.399 e. The van der Waals surface area contributed by atoms with Crippen molar-refractivity contribution in [3.8, 4) is 0 Å². The lowest BCUT2D eigenvalue weighted by molar-refractivity contribution is 0.252. The molecular weight excluding hydrogens is 210 g/mol. The molecule has 0 atom stereocenters. The molecule has 0 radical (unpaired) electrons. The molecule has 94 valence electrons. The number of likely N-dealkylation sites (N-methyl/N-ethyl adjacent to an activating group) is 1. The average molecular weight is 233 g/mol. The van der Waals surface area contributed by atoms with Crippen molar-refractivity contribution in [1.29, 1.82) is 0 Å². The predicted molar refractivity (Wildman–Crippen MR) is 72.9 cm³/mol. The SMILES string of the molecule is CN(CCN1CCCC1)Cc1ccc(N)cc1. The highest BCUT2D eigenvalue weighted by atomic mass is 15.2. The van der Waals surface area contributed by atoms with Crippen molar-refractivity contribution in [2.45, 2.75) is 19.4 Å². The van der Waals surface area contributed by atoms with Gasteiger partial charge >= 0.3 is 0 Å². The largest absolute Gasteiger partial charge is 0.399 e. The third-order valence-corrected chi connectivity index (χ3v) is 3.43. The topological polar surface area (TPSA) is 32.5 Å². The van der Waals surface area contributed by atoms with E-state index in [9.17, 15) is 0 Å². The summed E-state index contributed by atoms with van der Waals surface area (Å²) in [7, 11) is 2.19. The van der Waals surface area contributed by atoms with Crippen LogP contribution in [0.15, 0.2) is 24.3 Å². The molecule has 0 aromatic heterocycles. The molecule has 17 heavy (non-hydrogen) atoms. The maximum absolute atomic E-state index is 5.68. The quantitative estimate of drug-likeness (QED) is 0.787. The Morgan fingerprint density at radius 1 is 1.18 bits per heavy atom. The van der Waals surface area contributed by atoms with Crippen LogP contribution in [-0.2, 0) is 6.54 Å². The van der Waals surface area contributed by atoms with Gasteiger partial charge in [-0.2, -0.15) is 0 Å². The molecule has 0 spiro atoms. The molecular formula is C14H23N3. The van der Waals surface area contributed by atoms with E-state index in [1.54, 1.807) is 0 Å². The molecule has 2 N–H and O–H groups in total. The summed E-state index contributed by atoms with van der Waals surface area (Å²) < 4.78 is 0. The van der Waals surface area contributed by atoms with E-state index >= 15 is 0 Å². The lowest BCUT2D eigenvalue weighted by Crippen LogP contribution is -2.31. The zero-order valence-corrected chi connectivity index (χ0v) is 10.7. The number of anilines is 1. The molecule has 0 aliphatic carbocycles. The molecule has 0 saturated carbocycles. The van der Waals surface area contributed by atoms with Gasteiger partial charge in [0.05, 0.1) is 0 Å². The van der Waals surface area contributed by atoms with E-state index in [2.05, 4.69) is 29.0 Å². The third kappa shape index (κ3) is 4.02. The zero-order valence-electron chi connectivity index (χ0n) is 10.7. The minimum atomic E-state index is 0.841. The van der Waals surface area contributed by atoms with Gasteiger partial charge in [0.25, 0.3) is 0 Å². The average Bonchev–Trinajstić information content (AvgIpc) is 2.83. The number of nitrogen functional groups attached to an aromatic ring is 1. The van der Waals surface area contributed by atoms with Crippen LogP contribution in [0.25, 0.3) is 0 Å². The fourth-order valence-corrected chi connectivity index (χ4v) is 2.33. The van der Waals surface area contributed by atoms with Crippen LogP contribution in [0.3, 0.4) is 0 Å². The fraction of sp³-hybridized carbons (Fsp3) is 0.571. The summed E-state index contributed by atoms with van der Waals surface area (Å²) in [5.74, 6) is 0. The molecule has 0 amide bonds. The van der Waals surface area contributed by atoms with E-state index in [1.807, 2.05) is 12.1 Å². The van der Waals surface area contributed by atoms with Gasteiger partial charge in [0.15, 0.2) is 0 Å². The molecule has 1 heterocycles. The maximum atomic E-state index is 5.68. The number of nitrogens with zero attached hydrogens (tertiary/aromatic N) is 2. The van der Waals surface area contributed by atoms with Gasteiger partial charge in [-0.1, -0.05) is 12.1 Å². The van der Waals surface area contributed by atoms with E-state index in [0.29, 0.717) is 0 Å². The second-order valence-corrected chi connectivity index (χ2v) is 5.03. The molecule has 3 nitrogen and oxygen atoms in total. The summed E-state index contributed by atoms with van der Waals surface area (Å²) in [5, 5.41) is 0. The fourth-order valence-electron chi connectivity index (χ4n) is 2.33. The predicted octanol–water partition coefficient (Wildman–Crippen LogP) is 1.80. The smallest absolute Gasteiger partial charge is 0.0314 e. The molecule has 1 aliphatic heterocycles. The van der Waals surface area contributed by atoms with E-state index in [-0.39, 0.29) is 0 Å². The van der Waals surface area contributed by atoms with Crippen LogP contribution in [0, 0.1) is 0 Å². The van der Waals surface area contributed by atoms with Crippen molar-refractivity contribution in [3.63, 3.8) is 0 Å². The molecule has 0 unspecified atom stereocenters. The molecule has 0 bridgehead atoms. The van der Waals surface area contributed by atoms with Crippen LogP contribution in [0.2, 0.25) is 0 Å². The first-order chi connectivity index (χ1) is 8.24. The Balaban J connectivity index is 1.72. The van der Waals surface area contributed by atoms with Gasteiger partial charge in [0, 0.05) is 25.3 Å². The molecule has 1 aliphatic rings. The Kier molecular flexibility index (Phi) is 4.40. The Bertz CT molecular complexity index is 328. The van der Waals surface area contributed by atoms with E-state index in [0.717, 1.165) is 18.8 Å². The number of nitrogens with two attached hydrogens (primary N) is 1. The second kappa shape index (κ2) is 6.03. The first-order valence-electron chi connectivity index (χ1n) is 6.49. The monoisotopic (exact) mass is 233 g/mol. The molecule has 1 aromatic carbocycles. The highest BCUT2D eigenvalue weighted by Crippen LogP contribution is 2.09. The molecule has 1 aromatic rings. The maximum Gasteiger partial charge on any atom is 0.0314 e. The standard InChI is InChI=1S/C14H23N3/c1-16(10-11-17-8-2-3-9-17)12-13-4-6-14(15)7-5-13/h4-7H,2-3,8-12,15H2,1H3. The van der Waals surface area contributed by atoms with Gasteiger partial charge in [0.1, 0.15) is 0 Å². The van der Waals surface area contributed by atoms with Crippen LogP contribution in [0.1, 0.15) is 18.4 Å². The van der Waals surface area contributed by atoms with Crippen molar-refractivity contribution in [1.82, 2.24) is 9.80 Å². The van der Waals surface area contributed by atoms with Crippen molar-refractivity contribution in [2.75, 3.05) is 39.0 Å². The summed E-state index contributed by atoms with van der Waals surface area (Å²) in [6.07, 6.45) is 2.75. The van der Waals surface area contributed by atoms with Crippen molar-refractivity contribution in [3.05, 3.63) is 29.8 Å². The molecule has 1 saturated heterocycles. The first-order valence-corrected chi connectivity index (χ1v) is 6.49. The van der Waals surface area contributed by atoms with E-state index < -0.39 is 0 Å². The van der Waals surface area contributed by atoms with Crippen LogP contribution in [-0.4, -0.2) is 43.0 Å². The Morgan fingerprint density at radius 3 is 2.47 bits per heavy atom. The van der Waals surface area contributed by atoms with Gasteiger partial charge < -0.3 is 15.5 Å². The second-order valence-electron chi connectivity index (χ2n) is 5.03. The lowest BCUT2D eigenvalue weighted by atomic mass is 10.2. The molecule has 2 rings (SSSR count). The summed E-state index contributed by atoms with van der Waals surface area (Å²) in [4.78, 5) is 4.93. The molecule has 3 heteroatoms. The van der Waals surface area contributed by atoms with E-state index in [4.69, 9.17) is 5.73 Å².